The van der Waals surface area contributed by atoms with Gasteiger partial charge in [-0.1, -0.05) is 30.3 Å². The molecule has 4 aromatic rings. The van der Waals surface area contributed by atoms with Gasteiger partial charge in [-0.05, 0) is 98.7 Å². The van der Waals surface area contributed by atoms with E-state index in [1.165, 1.54) is 17.6 Å². The molecule has 0 fully saturated rings. The van der Waals surface area contributed by atoms with Crippen LogP contribution < -0.4 is 25.0 Å². The summed E-state index contributed by atoms with van der Waals surface area (Å²) < 4.78 is 22.4. The minimum atomic E-state index is -0.861. The van der Waals surface area contributed by atoms with Crippen LogP contribution in [0.15, 0.2) is 77.9 Å². The van der Waals surface area contributed by atoms with Crippen molar-refractivity contribution in [1.82, 2.24) is 5.43 Å². The number of carbonyl (C=O) groups excluding carboxylic acids is 3. The van der Waals surface area contributed by atoms with Crippen LogP contribution in [0, 0.1) is 0 Å². The number of esters is 1. The van der Waals surface area contributed by atoms with Crippen LogP contribution in [0.4, 0.5) is 5.00 Å². The van der Waals surface area contributed by atoms with Crippen molar-refractivity contribution in [1.29, 1.82) is 0 Å². The van der Waals surface area contributed by atoms with E-state index < -0.39 is 18.0 Å². The predicted octanol–water partition coefficient (Wildman–Crippen LogP) is 6.56. The molecule has 47 heavy (non-hydrogen) atoms. The second kappa shape index (κ2) is 15.9. The summed E-state index contributed by atoms with van der Waals surface area (Å²) in [6.07, 6.45) is 4.38. The van der Waals surface area contributed by atoms with Crippen LogP contribution in [-0.4, -0.2) is 43.8 Å². The molecule has 2 amide bonds. The topological polar surface area (TPSA) is 125 Å². The maximum absolute atomic E-state index is 13.1. The highest BCUT2D eigenvalue weighted by atomic mass is 32.1. The zero-order chi connectivity index (χ0) is 33.2. The smallest absolute Gasteiger partial charge is 0.341 e. The molecule has 1 aliphatic carbocycles. The number of nitrogens with zero attached hydrogens (tertiary/aromatic N) is 1. The Labute approximate surface area is 277 Å². The van der Waals surface area contributed by atoms with Gasteiger partial charge >= 0.3 is 5.97 Å². The first kappa shape index (κ1) is 33.2. The predicted molar refractivity (Wildman–Crippen MR) is 181 cm³/mol. The number of ether oxygens (including phenoxy) is 4. The number of hydrogen-bond donors (Lipinski definition) is 2. The van der Waals surface area contributed by atoms with E-state index in [1.807, 2.05) is 30.3 Å². The second-order valence-corrected chi connectivity index (χ2v) is 11.9. The molecule has 1 atom stereocenters. The number of hydrogen-bond acceptors (Lipinski definition) is 9. The van der Waals surface area contributed by atoms with Gasteiger partial charge in [0.1, 0.15) is 17.4 Å². The largest absolute Gasteiger partial charge is 0.493 e. The van der Waals surface area contributed by atoms with Crippen LogP contribution >= 0.6 is 11.3 Å². The number of anilines is 1. The van der Waals surface area contributed by atoms with Crippen LogP contribution in [0.5, 0.6) is 17.2 Å². The zero-order valence-corrected chi connectivity index (χ0v) is 27.4. The molecule has 0 aliphatic heterocycles. The number of amides is 2. The van der Waals surface area contributed by atoms with Crippen molar-refractivity contribution < 1.29 is 33.3 Å². The van der Waals surface area contributed by atoms with E-state index in [-0.39, 0.29) is 12.5 Å². The zero-order valence-electron chi connectivity index (χ0n) is 26.5. The number of rotatable bonds is 13. The van der Waals surface area contributed by atoms with E-state index in [4.69, 9.17) is 18.9 Å². The molecule has 10 nitrogen and oxygen atoms in total. The number of aryl methyl sites for hydroxylation is 1. The second-order valence-electron chi connectivity index (χ2n) is 10.8. The maximum atomic E-state index is 13.1. The van der Waals surface area contributed by atoms with Gasteiger partial charge in [0.2, 0.25) is 0 Å². The molecule has 0 spiro atoms. The van der Waals surface area contributed by atoms with E-state index >= 15 is 0 Å². The van der Waals surface area contributed by atoms with Crippen molar-refractivity contribution >= 4 is 40.3 Å². The highest BCUT2D eigenvalue weighted by Crippen LogP contribution is 2.39. The first-order valence-corrected chi connectivity index (χ1v) is 16.2. The van der Waals surface area contributed by atoms with Crippen molar-refractivity contribution in [2.24, 2.45) is 5.10 Å². The maximum Gasteiger partial charge on any atom is 0.341 e. The van der Waals surface area contributed by atoms with E-state index in [0.29, 0.717) is 45.5 Å². The van der Waals surface area contributed by atoms with Crippen LogP contribution in [0.2, 0.25) is 0 Å². The Hall–Kier alpha value is -5.16. The molecule has 244 valence electrons. The minimum absolute atomic E-state index is 0.260. The quantitative estimate of drug-likeness (QED) is 0.0950. The molecule has 1 heterocycles. The lowest BCUT2D eigenvalue weighted by atomic mass is 9.95. The molecule has 11 heteroatoms. The summed E-state index contributed by atoms with van der Waals surface area (Å²) in [6, 6.07) is 21.6. The molecule has 0 saturated carbocycles. The highest BCUT2D eigenvalue weighted by Gasteiger charge is 2.27. The molecule has 1 aromatic heterocycles. The van der Waals surface area contributed by atoms with Gasteiger partial charge in [0.05, 0.1) is 25.5 Å². The van der Waals surface area contributed by atoms with E-state index in [2.05, 4.69) is 15.8 Å². The molecule has 0 bridgehead atoms. The van der Waals surface area contributed by atoms with Crippen LogP contribution in [0.3, 0.4) is 0 Å². The Kier molecular flexibility index (Phi) is 11.2. The molecule has 0 radical (unpaired) electrons. The van der Waals surface area contributed by atoms with Crippen molar-refractivity contribution in [3.05, 3.63) is 105 Å². The summed E-state index contributed by atoms with van der Waals surface area (Å²) >= 11 is 1.44. The van der Waals surface area contributed by atoms with Crippen molar-refractivity contribution in [3.8, 4) is 17.2 Å². The van der Waals surface area contributed by atoms with Gasteiger partial charge in [-0.3, -0.25) is 9.59 Å². The number of fused-ring (bicyclic) bond motifs is 1. The average molecular weight is 656 g/mol. The number of nitrogens with one attached hydrogen (secondary N) is 2. The van der Waals surface area contributed by atoms with Crippen molar-refractivity contribution in [2.45, 2.75) is 52.2 Å². The summed E-state index contributed by atoms with van der Waals surface area (Å²) in [5, 5.41) is 7.47. The molecule has 1 aliphatic rings. The van der Waals surface area contributed by atoms with Crippen molar-refractivity contribution in [2.75, 3.05) is 19.0 Å². The Balaban J connectivity index is 1.14. The van der Waals surface area contributed by atoms with Gasteiger partial charge in [0, 0.05) is 10.4 Å². The van der Waals surface area contributed by atoms with Gasteiger partial charge < -0.3 is 24.3 Å². The average Bonchev–Trinajstić information content (AvgIpc) is 3.46. The fourth-order valence-corrected chi connectivity index (χ4v) is 6.34. The summed E-state index contributed by atoms with van der Waals surface area (Å²) in [4.78, 5) is 39.6. The highest BCUT2D eigenvalue weighted by molar-refractivity contribution is 7.17. The lowest BCUT2D eigenvalue weighted by molar-refractivity contribution is -0.127. The Morgan fingerprint density at radius 2 is 1.74 bits per heavy atom. The molecular weight excluding hydrogens is 618 g/mol. The normalized spacial score (nSPS) is 12.9. The molecule has 3 aromatic carbocycles. The number of thiophene rings is 1. The molecule has 0 saturated heterocycles. The number of benzene rings is 3. The first-order valence-electron chi connectivity index (χ1n) is 15.4. The Morgan fingerprint density at radius 3 is 2.49 bits per heavy atom. The summed E-state index contributed by atoms with van der Waals surface area (Å²) in [5.74, 6) is 0.320. The lowest BCUT2D eigenvalue weighted by Crippen LogP contribution is -2.33. The van der Waals surface area contributed by atoms with Crippen LogP contribution in [-0.2, 0) is 29.0 Å². The summed E-state index contributed by atoms with van der Waals surface area (Å²) in [6.45, 7) is 4.03. The Morgan fingerprint density at radius 1 is 0.979 bits per heavy atom. The SMILES string of the molecule is CCOC(=O)c1c(NC(=O)c2ccc(OC(C)C(=O)NN=Cc3ccc(OCc4ccccc4)c(OC)c3)cc2)sc2c1CCCC2. The van der Waals surface area contributed by atoms with Crippen molar-refractivity contribution in [3.63, 3.8) is 0 Å². The van der Waals surface area contributed by atoms with Gasteiger partial charge in [0.25, 0.3) is 11.8 Å². The van der Waals surface area contributed by atoms with Gasteiger partial charge in [-0.2, -0.15) is 5.10 Å². The minimum Gasteiger partial charge on any atom is -0.493 e. The lowest BCUT2D eigenvalue weighted by Gasteiger charge is -2.14. The van der Waals surface area contributed by atoms with E-state index in [9.17, 15) is 14.4 Å². The molecule has 5 rings (SSSR count). The van der Waals surface area contributed by atoms with Crippen LogP contribution in [0.1, 0.15) is 69.0 Å². The summed E-state index contributed by atoms with van der Waals surface area (Å²) in [5.41, 5.74) is 6.06. The third-order valence-electron chi connectivity index (χ3n) is 7.49. The molecule has 1 unspecified atom stereocenters. The standard InChI is InChI=1S/C36H37N3O7S/c1-4-44-36(42)32-28-12-8-9-13-31(28)47-35(32)38-34(41)26-15-17-27(18-16-26)46-23(2)33(40)39-37-21-25-14-19-29(30(20-25)43-3)45-22-24-10-6-5-7-11-24/h5-7,10-11,14-21,23H,4,8-9,12-13,22H2,1-3H3,(H,38,41)(H,39,40). The third kappa shape index (κ3) is 8.56. The fraction of sp³-hybridized carbons (Fsp3) is 0.278. The van der Waals surface area contributed by atoms with E-state index in [0.717, 1.165) is 41.7 Å². The monoisotopic (exact) mass is 655 g/mol. The third-order valence-corrected chi connectivity index (χ3v) is 8.70. The Bertz CT molecular complexity index is 1740. The van der Waals surface area contributed by atoms with Gasteiger partial charge in [-0.25, -0.2) is 10.2 Å². The number of hydrazone groups is 1. The number of methoxy groups -OCH3 is 1. The molecule has 2 N–H and O–H groups in total. The fourth-order valence-electron chi connectivity index (χ4n) is 5.07. The first-order chi connectivity index (χ1) is 22.9. The van der Waals surface area contributed by atoms with Gasteiger partial charge in [-0.15, -0.1) is 11.3 Å². The number of carbonyl (C=O) groups is 3. The molecular formula is C36H37N3O7S. The van der Waals surface area contributed by atoms with Crippen LogP contribution in [0.25, 0.3) is 0 Å². The van der Waals surface area contributed by atoms with Gasteiger partial charge in [0.15, 0.2) is 17.6 Å². The van der Waals surface area contributed by atoms with E-state index in [1.54, 1.807) is 63.4 Å². The summed E-state index contributed by atoms with van der Waals surface area (Å²) in [7, 11) is 1.56.